The second-order valence-electron chi connectivity index (χ2n) is 6.30. The first-order valence-electron chi connectivity index (χ1n) is 8.90. The minimum absolute atomic E-state index is 0.0741. The Morgan fingerprint density at radius 3 is 2.08 bits per heavy atom. The first-order chi connectivity index (χ1) is 11.5. The van der Waals surface area contributed by atoms with Crippen molar-refractivity contribution < 1.29 is 19.1 Å². The fourth-order valence-corrected chi connectivity index (χ4v) is 2.51. The molecule has 0 aliphatic heterocycles. The summed E-state index contributed by atoms with van der Waals surface area (Å²) in [4.78, 5) is 24.4. The van der Waals surface area contributed by atoms with Crippen LogP contribution >= 0.6 is 0 Å². The second-order valence-corrected chi connectivity index (χ2v) is 6.30. The highest BCUT2D eigenvalue weighted by Gasteiger charge is 2.27. The Morgan fingerprint density at radius 1 is 0.958 bits per heavy atom. The van der Waals surface area contributed by atoms with Gasteiger partial charge in [-0.05, 0) is 32.3 Å². The van der Waals surface area contributed by atoms with E-state index in [4.69, 9.17) is 9.47 Å². The Balaban J connectivity index is 2.48. The predicted molar refractivity (Wildman–Crippen MR) is 94.3 cm³/mol. The van der Waals surface area contributed by atoms with Crippen LogP contribution in [0.3, 0.4) is 0 Å². The molecule has 0 radical (unpaired) electrons. The van der Waals surface area contributed by atoms with Gasteiger partial charge in [-0.1, -0.05) is 57.0 Å². The van der Waals surface area contributed by atoms with E-state index in [0.29, 0.717) is 0 Å². The average Bonchev–Trinajstić information content (AvgIpc) is 2.59. The molecular formula is C20H30O4. The zero-order valence-corrected chi connectivity index (χ0v) is 15.3. The highest BCUT2D eigenvalue weighted by Crippen LogP contribution is 2.19. The van der Waals surface area contributed by atoms with E-state index in [0.717, 1.165) is 31.2 Å². The molecule has 0 aromatic heterocycles. The monoisotopic (exact) mass is 334 g/mol. The van der Waals surface area contributed by atoms with Crippen LogP contribution in [0.5, 0.6) is 0 Å². The van der Waals surface area contributed by atoms with Crippen molar-refractivity contribution >= 4 is 11.9 Å². The molecule has 0 N–H and O–H groups in total. The van der Waals surface area contributed by atoms with Crippen molar-refractivity contribution in [2.24, 2.45) is 11.8 Å². The number of rotatable bonds is 10. The van der Waals surface area contributed by atoms with Gasteiger partial charge in [0.25, 0.3) is 0 Å². The molecule has 0 spiro atoms. The summed E-state index contributed by atoms with van der Waals surface area (Å²) in [6.07, 6.45) is 3.06. The number of benzene rings is 1. The Hall–Kier alpha value is -1.84. The van der Waals surface area contributed by atoms with Crippen LogP contribution in [0, 0.1) is 11.8 Å². The Labute approximate surface area is 145 Å². The highest BCUT2D eigenvalue weighted by molar-refractivity contribution is 5.75. The van der Waals surface area contributed by atoms with Crippen molar-refractivity contribution in [3.63, 3.8) is 0 Å². The van der Waals surface area contributed by atoms with Gasteiger partial charge in [0.15, 0.2) is 0 Å². The lowest BCUT2D eigenvalue weighted by molar-refractivity contribution is -0.163. The lowest BCUT2D eigenvalue weighted by Gasteiger charge is -2.22. The number of ether oxygens (including phenoxy) is 2. The van der Waals surface area contributed by atoms with E-state index >= 15 is 0 Å². The largest absolute Gasteiger partial charge is 0.462 e. The van der Waals surface area contributed by atoms with Crippen LogP contribution in [0.25, 0.3) is 0 Å². The highest BCUT2D eigenvalue weighted by atomic mass is 16.6. The molecule has 24 heavy (non-hydrogen) atoms. The van der Waals surface area contributed by atoms with Crippen LogP contribution in [-0.2, 0) is 25.7 Å². The lowest BCUT2D eigenvalue weighted by atomic mass is 9.98. The summed E-state index contributed by atoms with van der Waals surface area (Å²) in [5.41, 5.74) is 0.939. The molecule has 1 rings (SSSR count). The molecule has 4 nitrogen and oxygen atoms in total. The van der Waals surface area contributed by atoms with Gasteiger partial charge >= 0.3 is 11.9 Å². The van der Waals surface area contributed by atoms with Gasteiger partial charge in [-0.2, -0.15) is 0 Å². The fraction of sp³-hybridized carbons (Fsp3) is 0.600. The summed E-state index contributed by atoms with van der Waals surface area (Å²) in [7, 11) is 0. The first kappa shape index (κ1) is 20.2. The predicted octanol–water partition coefficient (Wildman–Crippen LogP) is 4.51. The normalized spacial score (nSPS) is 13.4. The van der Waals surface area contributed by atoms with Crippen molar-refractivity contribution in [1.29, 1.82) is 0 Å². The Bertz CT molecular complexity index is 492. The van der Waals surface area contributed by atoms with E-state index in [1.54, 1.807) is 13.8 Å². The van der Waals surface area contributed by atoms with Crippen LogP contribution in [0.2, 0.25) is 0 Å². The average molecular weight is 334 g/mol. The van der Waals surface area contributed by atoms with Crippen LogP contribution in [0.4, 0.5) is 0 Å². The van der Waals surface area contributed by atoms with E-state index in [1.807, 2.05) is 30.3 Å². The van der Waals surface area contributed by atoms with Crippen molar-refractivity contribution in [3.8, 4) is 0 Å². The van der Waals surface area contributed by atoms with Gasteiger partial charge in [-0.3, -0.25) is 9.59 Å². The third-order valence-corrected chi connectivity index (χ3v) is 4.21. The molecule has 2 atom stereocenters. The van der Waals surface area contributed by atoms with Gasteiger partial charge < -0.3 is 9.47 Å². The third kappa shape index (κ3) is 6.73. The molecule has 0 saturated heterocycles. The van der Waals surface area contributed by atoms with Crippen LogP contribution < -0.4 is 0 Å². The smallest absolute Gasteiger partial charge is 0.312 e. The summed E-state index contributed by atoms with van der Waals surface area (Å²) in [5, 5.41) is 0. The van der Waals surface area contributed by atoms with Gasteiger partial charge in [0.05, 0.1) is 11.8 Å². The summed E-state index contributed by atoms with van der Waals surface area (Å²) in [6.45, 7) is 7.84. The first-order valence-corrected chi connectivity index (χ1v) is 8.90. The number of carbonyl (C=O) groups excluding carboxylic acids is 2. The SMILES string of the molecule is CCCC(CCC)C(=O)O[C@H](C)[C@H](C)C(=O)OCc1ccccc1. The quantitative estimate of drug-likeness (QED) is 0.591. The standard InChI is InChI=1S/C20H30O4/c1-5-10-18(11-6-2)20(22)24-16(4)15(3)19(21)23-14-17-12-8-7-9-13-17/h7-9,12-13,15-16,18H,5-6,10-11,14H2,1-4H3/t15-,16+/m0/s1. The van der Waals surface area contributed by atoms with Crippen molar-refractivity contribution in [2.45, 2.75) is 66.1 Å². The van der Waals surface area contributed by atoms with Gasteiger partial charge in [-0.15, -0.1) is 0 Å². The maximum atomic E-state index is 12.3. The minimum Gasteiger partial charge on any atom is -0.462 e. The molecule has 0 saturated carbocycles. The van der Waals surface area contributed by atoms with E-state index in [-0.39, 0.29) is 24.5 Å². The van der Waals surface area contributed by atoms with Crippen molar-refractivity contribution in [2.75, 3.05) is 0 Å². The molecule has 1 aromatic carbocycles. The molecule has 0 heterocycles. The topological polar surface area (TPSA) is 52.6 Å². The fourth-order valence-electron chi connectivity index (χ4n) is 2.51. The van der Waals surface area contributed by atoms with Crippen LogP contribution in [0.15, 0.2) is 30.3 Å². The van der Waals surface area contributed by atoms with Crippen molar-refractivity contribution in [1.82, 2.24) is 0 Å². The molecule has 0 bridgehead atoms. The molecule has 0 amide bonds. The Morgan fingerprint density at radius 2 is 1.54 bits per heavy atom. The summed E-state index contributed by atoms with van der Waals surface area (Å²) >= 11 is 0. The van der Waals surface area contributed by atoms with E-state index in [1.165, 1.54) is 0 Å². The number of carbonyl (C=O) groups is 2. The lowest BCUT2D eigenvalue weighted by Crippen LogP contribution is -2.31. The molecule has 4 heteroatoms. The molecule has 0 aliphatic rings. The zero-order valence-electron chi connectivity index (χ0n) is 15.3. The van der Waals surface area contributed by atoms with Gasteiger partial charge in [0.2, 0.25) is 0 Å². The summed E-state index contributed by atoms with van der Waals surface area (Å²) in [5.74, 6) is -1.10. The van der Waals surface area contributed by atoms with Gasteiger partial charge in [0.1, 0.15) is 12.7 Å². The molecular weight excluding hydrogens is 304 g/mol. The number of hydrogen-bond donors (Lipinski definition) is 0. The number of esters is 2. The van der Waals surface area contributed by atoms with Gasteiger partial charge in [-0.25, -0.2) is 0 Å². The molecule has 0 aliphatic carbocycles. The molecule has 1 aromatic rings. The molecule has 0 fully saturated rings. The Kier molecular flexibility index (Phi) is 9.13. The van der Waals surface area contributed by atoms with E-state index in [2.05, 4.69) is 13.8 Å². The number of hydrogen-bond acceptors (Lipinski definition) is 4. The van der Waals surface area contributed by atoms with E-state index < -0.39 is 12.0 Å². The summed E-state index contributed by atoms with van der Waals surface area (Å²) < 4.78 is 10.8. The maximum absolute atomic E-state index is 12.3. The summed E-state index contributed by atoms with van der Waals surface area (Å²) in [6, 6.07) is 9.53. The van der Waals surface area contributed by atoms with E-state index in [9.17, 15) is 9.59 Å². The third-order valence-electron chi connectivity index (χ3n) is 4.21. The van der Waals surface area contributed by atoms with Crippen LogP contribution in [-0.4, -0.2) is 18.0 Å². The van der Waals surface area contributed by atoms with Crippen LogP contribution in [0.1, 0.15) is 58.9 Å². The maximum Gasteiger partial charge on any atom is 0.312 e. The molecule has 134 valence electrons. The van der Waals surface area contributed by atoms with Gasteiger partial charge in [0, 0.05) is 0 Å². The zero-order chi connectivity index (χ0) is 17.9. The second kappa shape index (κ2) is 10.8. The van der Waals surface area contributed by atoms with Crippen molar-refractivity contribution in [3.05, 3.63) is 35.9 Å². The minimum atomic E-state index is -0.489. The molecule has 0 unspecified atom stereocenters.